The van der Waals surface area contributed by atoms with Crippen LogP contribution in [0, 0.1) is 29.1 Å². The molecule has 1 saturated heterocycles. The number of halogens is 1. The van der Waals surface area contributed by atoms with E-state index in [0.717, 1.165) is 35.1 Å². The summed E-state index contributed by atoms with van der Waals surface area (Å²) in [6.07, 6.45) is 5.38. The predicted molar refractivity (Wildman–Crippen MR) is 113 cm³/mol. The van der Waals surface area contributed by atoms with Crippen LogP contribution in [0.5, 0.6) is 5.75 Å². The predicted octanol–water partition coefficient (Wildman–Crippen LogP) is 3.99. The van der Waals surface area contributed by atoms with Crippen LogP contribution in [0.1, 0.15) is 24.5 Å². The first-order chi connectivity index (χ1) is 15.1. The third-order valence-electron chi connectivity index (χ3n) is 6.65. The molecule has 3 heterocycles. The number of carbonyl (C=O) groups is 1. The van der Waals surface area contributed by atoms with Gasteiger partial charge in [-0.3, -0.25) is 0 Å². The van der Waals surface area contributed by atoms with Gasteiger partial charge in [-0.25, -0.2) is 19.5 Å². The van der Waals surface area contributed by atoms with Gasteiger partial charge in [-0.1, -0.05) is 0 Å². The van der Waals surface area contributed by atoms with Crippen LogP contribution in [0.4, 0.5) is 9.18 Å². The number of pyridine rings is 1. The van der Waals surface area contributed by atoms with Crippen molar-refractivity contribution < 1.29 is 13.9 Å². The van der Waals surface area contributed by atoms with Crippen LogP contribution in [-0.2, 0) is 0 Å². The van der Waals surface area contributed by atoms with Crippen molar-refractivity contribution in [2.24, 2.45) is 11.8 Å². The van der Waals surface area contributed by atoms with E-state index in [4.69, 9.17) is 10.00 Å². The van der Waals surface area contributed by atoms with Gasteiger partial charge in [0.1, 0.15) is 17.2 Å². The number of benzene rings is 1. The average molecular weight is 419 g/mol. The number of hydrogen-bond donors (Lipinski definition) is 2. The van der Waals surface area contributed by atoms with Crippen molar-refractivity contribution in [2.45, 2.75) is 18.8 Å². The summed E-state index contributed by atoms with van der Waals surface area (Å²) in [7, 11) is 1.58. The zero-order chi connectivity index (χ0) is 21.5. The van der Waals surface area contributed by atoms with Crippen molar-refractivity contribution in [2.75, 3.05) is 20.2 Å². The van der Waals surface area contributed by atoms with Crippen molar-refractivity contribution in [3.63, 3.8) is 0 Å². The van der Waals surface area contributed by atoms with E-state index in [2.05, 4.69) is 21.4 Å². The number of carbonyl (C=O) groups excluding carboxylic acids is 1. The van der Waals surface area contributed by atoms with E-state index in [1.54, 1.807) is 30.5 Å². The maximum atomic E-state index is 14.0. The number of ether oxygens (including phenoxy) is 1. The smallest absolute Gasteiger partial charge is 0.330 e. The Kier molecular flexibility index (Phi) is 4.74. The minimum atomic E-state index is -0.315. The van der Waals surface area contributed by atoms with Crippen LogP contribution in [-0.4, -0.2) is 41.1 Å². The summed E-state index contributed by atoms with van der Waals surface area (Å²) in [5.74, 6) is 1.51. The molecule has 7 nitrogen and oxygen atoms in total. The Labute approximate surface area is 178 Å². The highest BCUT2D eigenvalue weighted by molar-refractivity contribution is 5.95. The number of methoxy groups -OCH3 is 1. The fraction of sp³-hybridized carbons (Fsp3) is 0.348. The van der Waals surface area contributed by atoms with E-state index in [-0.39, 0.29) is 11.8 Å². The van der Waals surface area contributed by atoms with Crippen LogP contribution in [0.15, 0.2) is 36.5 Å². The number of urea groups is 1. The molecule has 3 aromatic rings. The van der Waals surface area contributed by atoms with E-state index in [1.165, 1.54) is 12.1 Å². The van der Waals surface area contributed by atoms with Gasteiger partial charge in [0.15, 0.2) is 6.19 Å². The molecule has 1 aromatic carbocycles. The van der Waals surface area contributed by atoms with Gasteiger partial charge in [0.2, 0.25) is 0 Å². The van der Waals surface area contributed by atoms with Gasteiger partial charge in [0.05, 0.1) is 7.11 Å². The van der Waals surface area contributed by atoms with Gasteiger partial charge in [-0.15, -0.1) is 0 Å². The van der Waals surface area contributed by atoms with Crippen LogP contribution < -0.4 is 10.1 Å². The number of fused-ring (bicyclic) bond motifs is 2. The lowest BCUT2D eigenvalue weighted by Crippen LogP contribution is -2.36. The number of H-pyrrole nitrogens is 1. The van der Waals surface area contributed by atoms with E-state index in [0.29, 0.717) is 42.2 Å². The molecule has 1 aliphatic carbocycles. The maximum absolute atomic E-state index is 14.0. The quantitative estimate of drug-likeness (QED) is 0.496. The molecule has 0 unspecified atom stereocenters. The minimum Gasteiger partial charge on any atom is -0.496 e. The summed E-state index contributed by atoms with van der Waals surface area (Å²) < 4.78 is 19.4. The number of nitrogens with one attached hydrogen (secondary N) is 2. The minimum absolute atomic E-state index is 0.308. The van der Waals surface area contributed by atoms with Gasteiger partial charge in [-0.2, -0.15) is 5.26 Å². The Morgan fingerprint density at radius 2 is 2.03 bits per heavy atom. The van der Waals surface area contributed by atoms with E-state index < -0.39 is 0 Å². The topological polar surface area (TPSA) is 94.0 Å². The normalized spacial score (nSPS) is 22.4. The van der Waals surface area contributed by atoms with E-state index in [1.807, 2.05) is 6.07 Å². The summed E-state index contributed by atoms with van der Waals surface area (Å²) in [5, 5.41) is 11.8. The summed E-state index contributed by atoms with van der Waals surface area (Å²) in [4.78, 5) is 21.6. The summed E-state index contributed by atoms with van der Waals surface area (Å²) in [5.41, 5.74) is 3.46. The molecule has 0 radical (unpaired) electrons. The molecule has 1 saturated carbocycles. The second kappa shape index (κ2) is 7.58. The highest BCUT2D eigenvalue weighted by Crippen LogP contribution is 2.47. The zero-order valence-corrected chi connectivity index (χ0v) is 17.1. The molecular formula is C23H22FN5O2. The molecule has 2 N–H and O–H groups in total. The second-order valence-corrected chi connectivity index (χ2v) is 8.33. The van der Waals surface area contributed by atoms with Crippen molar-refractivity contribution in [1.82, 2.24) is 20.2 Å². The second-order valence-electron chi connectivity index (χ2n) is 8.33. The zero-order valence-electron chi connectivity index (χ0n) is 17.1. The summed E-state index contributed by atoms with van der Waals surface area (Å²) >= 11 is 0. The molecular weight excluding hydrogens is 397 g/mol. The highest BCUT2D eigenvalue weighted by Gasteiger charge is 2.43. The van der Waals surface area contributed by atoms with Crippen LogP contribution in [0.25, 0.3) is 22.2 Å². The monoisotopic (exact) mass is 419 g/mol. The molecule has 2 aromatic heterocycles. The largest absolute Gasteiger partial charge is 0.496 e. The molecule has 0 bridgehead atoms. The van der Waals surface area contributed by atoms with Gasteiger partial charge >= 0.3 is 6.03 Å². The average Bonchev–Trinajstić information content (AvgIpc) is 3.46. The van der Waals surface area contributed by atoms with Gasteiger partial charge in [-0.05, 0) is 66.5 Å². The number of amides is 2. The van der Waals surface area contributed by atoms with E-state index in [9.17, 15) is 9.18 Å². The highest BCUT2D eigenvalue weighted by atomic mass is 19.1. The third-order valence-corrected chi connectivity index (χ3v) is 6.65. The molecule has 8 heteroatoms. The molecule has 1 aliphatic heterocycles. The fourth-order valence-electron chi connectivity index (χ4n) is 5.24. The van der Waals surface area contributed by atoms with Crippen molar-refractivity contribution in [3.05, 3.63) is 48.0 Å². The van der Waals surface area contributed by atoms with Gasteiger partial charge < -0.3 is 14.6 Å². The number of hydrogen-bond acceptors (Lipinski definition) is 4. The van der Waals surface area contributed by atoms with Gasteiger partial charge in [0, 0.05) is 35.9 Å². The number of rotatable bonds is 3. The SMILES string of the molecule is COc1ccc(F)cc1-c1ccnc2[nH]c([C@H]3C[C@@H]4CN(C(=O)NC#N)C[C@@H]4C3)cc12. The molecule has 5 rings (SSSR count). The molecule has 3 atom stereocenters. The number of aromatic nitrogens is 2. The Hall–Kier alpha value is -3.60. The Bertz CT molecular complexity index is 1190. The van der Waals surface area contributed by atoms with Crippen molar-refractivity contribution in [3.8, 4) is 23.1 Å². The van der Waals surface area contributed by atoms with Crippen molar-refractivity contribution >= 4 is 17.1 Å². The first-order valence-electron chi connectivity index (χ1n) is 10.3. The fourth-order valence-corrected chi connectivity index (χ4v) is 5.24. The Balaban J connectivity index is 1.42. The Morgan fingerprint density at radius 1 is 1.26 bits per heavy atom. The lowest BCUT2D eigenvalue weighted by molar-refractivity contribution is 0.209. The number of likely N-dealkylation sites (tertiary alicyclic amines) is 1. The third kappa shape index (κ3) is 3.36. The first kappa shape index (κ1) is 19.4. The summed E-state index contributed by atoms with van der Waals surface area (Å²) in [6.45, 7) is 1.36. The number of nitrogens with zero attached hydrogens (tertiary/aromatic N) is 3. The number of nitriles is 1. The summed E-state index contributed by atoms with van der Waals surface area (Å²) in [6, 6.07) is 8.20. The molecule has 158 valence electrons. The number of aromatic amines is 1. The van der Waals surface area contributed by atoms with Crippen molar-refractivity contribution in [1.29, 1.82) is 5.26 Å². The maximum Gasteiger partial charge on any atom is 0.330 e. The first-order valence-corrected chi connectivity index (χ1v) is 10.3. The van der Waals surface area contributed by atoms with Crippen LogP contribution in [0.2, 0.25) is 0 Å². The molecule has 2 aliphatic rings. The standard InChI is InChI=1S/C23H22FN5O2/c1-31-21-3-2-16(24)8-18(21)17-4-5-26-22-19(17)9-20(28-22)13-6-14-10-29(11-15(14)7-13)23(30)27-12-25/h2-5,8-9,13-15H,6-7,10-11H2,1H3,(H,26,28)(H,27,30)/t13-,14+,15-. The molecule has 2 fully saturated rings. The van der Waals surface area contributed by atoms with Crippen LogP contribution >= 0.6 is 0 Å². The molecule has 31 heavy (non-hydrogen) atoms. The molecule has 0 spiro atoms. The Morgan fingerprint density at radius 3 is 2.74 bits per heavy atom. The van der Waals surface area contributed by atoms with Gasteiger partial charge in [0.25, 0.3) is 0 Å². The van der Waals surface area contributed by atoms with Crippen LogP contribution in [0.3, 0.4) is 0 Å². The van der Waals surface area contributed by atoms with E-state index >= 15 is 0 Å². The lowest BCUT2D eigenvalue weighted by atomic mass is 9.99. The molecule has 2 amide bonds. The lowest BCUT2D eigenvalue weighted by Gasteiger charge is -2.17.